The van der Waals surface area contributed by atoms with E-state index < -0.39 is 11.9 Å². The molecule has 1 fully saturated rings. The summed E-state index contributed by atoms with van der Waals surface area (Å²) in [6.07, 6.45) is 2.02. The molecule has 1 aromatic rings. The molecule has 1 saturated carbocycles. The van der Waals surface area contributed by atoms with E-state index in [1.807, 2.05) is 25.1 Å². The molecule has 1 aliphatic carbocycles. The number of hydrogen-bond acceptors (Lipinski definition) is 2. The van der Waals surface area contributed by atoms with Crippen molar-refractivity contribution >= 4 is 5.97 Å². The van der Waals surface area contributed by atoms with Gasteiger partial charge in [-0.2, -0.15) is 0 Å². The number of hydrogen-bond donors (Lipinski definition) is 1. The summed E-state index contributed by atoms with van der Waals surface area (Å²) in [7, 11) is 1.59. The highest BCUT2D eigenvalue weighted by Crippen LogP contribution is 2.45. The maximum absolute atomic E-state index is 11.3. The molecule has 3 heteroatoms. The van der Waals surface area contributed by atoms with Gasteiger partial charge in [-0.3, -0.25) is 4.79 Å². The first-order valence-electron chi connectivity index (χ1n) is 5.51. The van der Waals surface area contributed by atoms with Crippen LogP contribution in [0, 0.1) is 12.8 Å². The maximum atomic E-state index is 11.3. The minimum atomic E-state index is -0.746. The molecule has 0 radical (unpaired) electrons. The summed E-state index contributed by atoms with van der Waals surface area (Å²) in [5, 5.41) is 9.27. The number of rotatable bonds is 4. The molecule has 86 valence electrons. The van der Waals surface area contributed by atoms with Crippen molar-refractivity contribution < 1.29 is 14.6 Å². The van der Waals surface area contributed by atoms with Crippen LogP contribution in [0.4, 0.5) is 0 Å². The van der Waals surface area contributed by atoms with Crippen molar-refractivity contribution in [3.05, 3.63) is 29.3 Å². The summed E-state index contributed by atoms with van der Waals surface area (Å²) in [6.45, 7) is 1.97. The van der Waals surface area contributed by atoms with E-state index >= 15 is 0 Å². The minimum Gasteiger partial charge on any atom is -0.496 e. The lowest BCUT2D eigenvalue weighted by Crippen LogP contribution is -2.14. The van der Waals surface area contributed by atoms with Gasteiger partial charge in [0.1, 0.15) is 5.75 Å². The van der Waals surface area contributed by atoms with E-state index in [0.29, 0.717) is 5.75 Å². The van der Waals surface area contributed by atoms with Crippen LogP contribution in [0.15, 0.2) is 18.2 Å². The molecular formula is C13H16O3. The number of aryl methyl sites for hydroxylation is 1. The fourth-order valence-corrected chi connectivity index (χ4v) is 2.09. The largest absolute Gasteiger partial charge is 0.496 e. The zero-order chi connectivity index (χ0) is 11.7. The van der Waals surface area contributed by atoms with Crippen molar-refractivity contribution in [3.63, 3.8) is 0 Å². The summed E-state index contributed by atoms with van der Waals surface area (Å²) in [5.41, 5.74) is 1.89. The molecule has 0 heterocycles. The van der Waals surface area contributed by atoms with Gasteiger partial charge < -0.3 is 9.84 Å². The Morgan fingerprint density at radius 3 is 2.69 bits per heavy atom. The lowest BCUT2D eigenvalue weighted by molar-refractivity contribution is -0.139. The monoisotopic (exact) mass is 220 g/mol. The van der Waals surface area contributed by atoms with Crippen LogP contribution in [-0.4, -0.2) is 18.2 Å². The molecule has 0 amide bonds. The Kier molecular flexibility index (Phi) is 2.86. The molecular weight excluding hydrogens is 204 g/mol. The number of aliphatic carboxylic acids is 1. The van der Waals surface area contributed by atoms with Crippen molar-refractivity contribution in [3.8, 4) is 5.75 Å². The number of carboxylic acid groups (broad SMARTS) is 1. The molecule has 1 aliphatic rings. The average Bonchev–Trinajstić information content (AvgIpc) is 3.04. The molecule has 16 heavy (non-hydrogen) atoms. The molecule has 1 N–H and O–H groups in total. The summed E-state index contributed by atoms with van der Waals surface area (Å²) < 4.78 is 5.27. The first kappa shape index (κ1) is 11.0. The lowest BCUT2D eigenvalue weighted by atomic mass is 9.92. The summed E-state index contributed by atoms with van der Waals surface area (Å²) in [4.78, 5) is 11.3. The van der Waals surface area contributed by atoms with E-state index in [0.717, 1.165) is 24.0 Å². The molecule has 3 nitrogen and oxygen atoms in total. The van der Waals surface area contributed by atoms with Gasteiger partial charge in [-0.05, 0) is 37.3 Å². The zero-order valence-corrected chi connectivity index (χ0v) is 9.56. The quantitative estimate of drug-likeness (QED) is 0.848. The first-order valence-corrected chi connectivity index (χ1v) is 5.51. The van der Waals surface area contributed by atoms with E-state index in [2.05, 4.69) is 0 Å². The SMILES string of the molecule is COc1cc(C)ccc1C(C(=O)O)C1CC1. The molecule has 0 spiro atoms. The van der Waals surface area contributed by atoms with E-state index in [-0.39, 0.29) is 5.92 Å². The Bertz CT molecular complexity index is 408. The second-order valence-corrected chi connectivity index (χ2v) is 4.40. The Morgan fingerprint density at radius 1 is 1.50 bits per heavy atom. The average molecular weight is 220 g/mol. The Hall–Kier alpha value is -1.51. The molecule has 0 aliphatic heterocycles. The number of ether oxygens (including phenoxy) is 1. The van der Waals surface area contributed by atoms with E-state index in [4.69, 9.17) is 4.74 Å². The Labute approximate surface area is 95.0 Å². The molecule has 0 aromatic heterocycles. The lowest BCUT2D eigenvalue weighted by Gasteiger charge is -2.16. The molecule has 1 aromatic carbocycles. The Balaban J connectivity index is 2.40. The third-order valence-corrected chi connectivity index (χ3v) is 3.08. The van der Waals surface area contributed by atoms with Crippen molar-refractivity contribution in [1.29, 1.82) is 0 Å². The van der Waals surface area contributed by atoms with Crippen LogP contribution in [-0.2, 0) is 4.79 Å². The van der Waals surface area contributed by atoms with Gasteiger partial charge in [0.15, 0.2) is 0 Å². The van der Waals surface area contributed by atoms with E-state index in [1.54, 1.807) is 7.11 Å². The van der Waals surface area contributed by atoms with Crippen LogP contribution in [0.1, 0.15) is 29.9 Å². The first-order chi connectivity index (χ1) is 7.63. The molecule has 1 atom stereocenters. The Morgan fingerprint density at radius 2 is 2.19 bits per heavy atom. The number of carboxylic acids is 1. The smallest absolute Gasteiger partial charge is 0.311 e. The fourth-order valence-electron chi connectivity index (χ4n) is 2.09. The maximum Gasteiger partial charge on any atom is 0.311 e. The van der Waals surface area contributed by atoms with Crippen LogP contribution in [0.5, 0.6) is 5.75 Å². The van der Waals surface area contributed by atoms with Gasteiger partial charge in [-0.15, -0.1) is 0 Å². The number of methoxy groups -OCH3 is 1. The van der Waals surface area contributed by atoms with Crippen molar-refractivity contribution in [1.82, 2.24) is 0 Å². The van der Waals surface area contributed by atoms with Gasteiger partial charge >= 0.3 is 5.97 Å². The predicted octanol–water partition coefficient (Wildman–Crippen LogP) is 2.58. The van der Waals surface area contributed by atoms with Crippen molar-refractivity contribution in [2.24, 2.45) is 5.92 Å². The van der Waals surface area contributed by atoms with Gasteiger partial charge in [0, 0.05) is 5.56 Å². The normalized spacial score (nSPS) is 16.9. The summed E-state index contributed by atoms with van der Waals surface area (Å²) in [6, 6.07) is 5.72. The van der Waals surface area contributed by atoms with Gasteiger partial charge in [-0.1, -0.05) is 12.1 Å². The van der Waals surface area contributed by atoms with Crippen LogP contribution < -0.4 is 4.74 Å². The molecule has 0 saturated heterocycles. The van der Waals surface area contributed by atoms with Crippen LogP contribution in [0.3, 0.4) is 0 Å². The third kappa shape index (κ3) is 2.03. The molecule has 0 bridgehead atoms. The van der Waals surface area contributed by atoms with Crippen molar-refractivity contribution in [2.75, 3.05) is 7.11 Å². The van der Waals surface area contributed by atoms with E-state index in [9.17, 15) is 9.90 Å². The highest BCUT2D eigenvalue weighted by atomic mass is 16.5. The van der Waals surface area contributed by atoms with Gasteiger partial charge in [0.2, 0.25) is 0 Å². The van der Waals surface area contributed by atoms with Gasteiger partial charge in [-0.25, -0.2) is 0 Å². The van der Waals surface area contributed by atoms with Crippen LogP contribution in [0.2, 0.25) is 0 Å². The van der Waals surface area contributed by atoms with E-state index in [1.165, 1.54) is 0 Å². The fraction of sp³-hybridized carbons (Fsp3) is 0.462. The summed E-state index contributed by atoms with van der Waals surface area (Å²) in [5.74, 6) is -0.173. The zero-order valence-electron chi connectivity index (χ0n) is 9.56. The molecule has 1 unspecified atom stereocenters. The standard InChI is InChI=1S/C13H16O3/c1-8-3-6-10(11(7-8)16-2)12(13(14)15)9-4-5-9/h3,6-7,9,12H,4-5H2,1-2H3,(H,14,15). The van der Waals surface area contributed by atoms with Gasteiger partial charge in [0.25, 0.3) is 0 Å². The number of carbonyl (C=O) groups is 1. The van der Waals surface area contributed by atoms with Gasteiger partial charge in [0.05, 0.1) is 13.0 Å². The topological polar surface area (TPSA) is 46.5 Å². The highest BCUT2D eigenvalue weighted by Gasteiger charge is 2.38. The molecule has 2 rings (SSSR count). The number of benzene rings is 1. The van der Waals surface area contributed by atoms with Crippen LogP contribution >= 0.6 is 0 Å². The predicted molar refractivity (Wildman–Crippen MR) is 60.8 cm³/mol. The summed E-state index contributed by atoms with van der Waals surface area (Å²) >= 11 is 0. The second-order valence-electron chi connectivity index (χ2n) is 4.40. The second kappa shape index (κ2) is 4.16. The third-order valence-electron chi connectivity index (χ3n) is 3.08. The van der Waals surface area contributed by atoms with Crippen LogP contribution in [0.25, 0.3) is 0 Å². The minimum absolute atomic E-state index is 0.286. The highest BCUT2D eigenvalue weighted by molar-refractivity contribution is 5.78. The van der Waals surface area contributed by atoms with Crippen molar-refractivity contribution in [2.45, 2.75) is 25.7 Å².